The van der Waals surface area contributed by atoms with Crippen molar-refractivity contribution in [1.82, 2.24) is 10.2 Å². The Balaban J connectivity index is 2.01. The zero-order valence-electron chi connectivity index (χ0n) is 11.7. The molecule has 0 saturated carbocycles. The van der Waals surface area contributed by atoms with E-state index in [1.165, 1.54) is 37.9 Å². The summed E-state index contributed by atoms with van der Waals surface area (Å²) < 4.78 is 0. The van der Waals surface area contributed by atoms with Crippen LogP contribution in [-0.4, -0.2) is 30.6 Å². The van der Waals surface area contributed by atoms with Crippen LogP contribution in [0.4, 0.5) is 0 Å². The first-order valence-electron chi connectivity index (χ1n) is 7.33. The van der Waals surface area contributed by atoms with Crippen LogP contribution in [0.15, 0.2) is 30.3 Å². The van der Waals surface area contributed by atoms with Crippen molar-refractivity contribution in [3.05, 3.63) is 35.9 Å². The van der Waals surface area contributed by atoms with Gasteiger partial charge in [0.25, 0.3) is 0 Å². The Bertz CT molecular complexity index is 336. The smallest absolute Gasteiger partial charge is 0.0473 e. The lowest BCUT2D eigenvalue weighted by Crippen LogP contribution is -2.51. The Morgan fingerprint density at radius 3 is 2.72 bits per heavy atom. The lowest BCUT2D eigenvalue weighted by Gasteiger charge is -2.39. The van der Waals surface area contributed by atoms with Crippen LogP contribution in [-0.2, 0) is 0 Å². The summed E-state index contributed by atoms with van der Waals surface area (Å²) in [5, 5.41) is 3.61. The Labute approximate surface area is 111 Å². The molecule has 2 nitrogen and oxygen atoms in total. The second-order valence-electron chi connectivity index (χ2n) is 5.44. The topological polar surface area (TPSA) is 15.3 Å². The Kier molecular flexibility index (Phi) is 5.21. The van der Waals surface area contributed by atoms with Crippen molar-refractivity contribution < 1.29 is 0 Å². The van der Waals surface area contributed by atoms with E-state index in [9.17, 15) is 0 Å². The van der Waals surface area contributed by atoms with E-state index >= 15 is 0 Å². The van der Waals surface area contributed by atoms with Gasteiger partial charge in [0.1, 0.15) is 0 Å². The lowest BCUT2D eigenvalue weighted by molar-refractivity contribution is 0.133. The zero-order chi connectivity index (χ0) is 12.8. The number of benzene rings is 1. The van der Waals surface area contributed by atoms with Crippen LogP contribution in [0.5, 0.6) is 0 Å². The standard InChI is InChI=1S/C16H26N2/c1-3-4-8-11-18-13-14(2)17-12-16(18)15-9-6-5-7-10-15/h5-7,9-10,14,16-17H,3-4,8,11-13H2,1-2H3. The summed E-state index contributed by atoms with van der Waals surface area (Å²) in [6.07, 6.45) is 3.98. The average Bonchev–Trinajstić information content (AvgIpc) is 2.40. The highest BCUT2D eigenvalue weighted by Gasteiger charge is 2.26. The summed E-state index contributed by atoms with van der Waals surface area (Å²) >= 11 is 0. The monoisotopic (exact) mass is 246 g/mol. The fourth-order valence-electron chi connectivity index (χ4n) is 2.80. The molecule has 0 aromatic heterocycles. The van der Waals surface area contributed by atoms with Gasteiger partial charge in [0.2, 0.25) is 0 Å². The molecule has 0 spiro atoms. The molecule has 18 heavy (non-hydrogen) atoms. The molecule has 2 rings (SSSR count). The zero-order valence-corrected chi connectivity index (χ0v) is 11.7. The molecule has 1 aliphatic heterocycles. The fraction of sp³-hybridized carbons (Fsp3) is 0.625. The lowest BCUT2D eigenvalue weighted by atomic mass is 10.0. The summed E-state index contributed by atoms with van der Waals surface area (Å²) in [6, 6.07) is 12.1. The number of hydrogen-bond donors (Lipinski definition) is 1. The molecule has 0 aliphatic carbocycles. The van der Waals surface area contributed by atoms with Gasteiger partial charge in [-0.25, -0.2) is 0 Å². The van der Waals surface area contributed by atoms with Gasteiger partial charge in [-0.2, -0.15) is 0 Å². The Morgan fingerprint density at radius 2 is 2.00 bits per heavy atom. The van der Waals surface area contributed by atoms with E-state index in [4.69, 9.17) is 0 Å². The molecule has 0 bridgehead atoms. The molecular weight excluding hydrogens is 220 g/mol. The number of nitrogens with one attached hydrogen (secondary N) is 1. The summed E-state index contributed by atoms with van der Waals surface area (Å²) in [5.41, 5.74) is 1.45. The van der Waals surface area contributed by atoms with Crippen molar-refractivity contribution in [1.29, 1.82) is 0 Å². The summed E-state index contributed by atoms with van der Waals surface area (Å²) in [6.45, 7) is 8.04. The highest BCUT2D eigenvalue weighted by atomic mass is 15.2. The highest BCUT2D eigenvalue weighted by Crippen LogP contribution is 2.23. The average molecular weight is 246 g/mol. The van der Waals surface area contributed by atoms with E-state index < -0.39 is 0 Å². The van der Waals surface area contributed by atoms with Crippen molar-refractivity contribution in [2.24, 2.45) is 0 Å². The predicted molar refractivity (Wildman–Crippen MR) is 77.7 cm³/mol. The van der Waals surface area contributed by atoms with Crippen molar-refractivity contribution >= 4 is 0 Å². The summed E-state index contributed by atoms with van der Waals surface area (Å²) in [7, 11) is 0. The second kappa shape index (κ2) is 6.91. The van der Waals surface area contributed by atoms with Gasteiger partial charge in [-0.3, -0.25) is 4.90 Å². The third-order valence-electron chi connectivity index (χ3n) is 3.84. The maximum Gasteiger partial charge on any atom is 0.0473 e. The quantitative estimate of drug-likeness (QED) is 0.803. The molecule has 0 amide bonds. The van der Waals surface area contributed by atoms with E-state index in [-0.39, 0.29) is 0 Å². The largest absolute Gasteiger partial charge is 0.311 e. The van der Waals surface area contributed by atoms with Crippen LogP contribution in [0.25, 0.3) is 0 Å². The molecule has 2 unspecified atom stereocenters. The van der Waals surface area contributed by atoms with Crippen molar-refractivity contribution in [3.63, 3.8) is 0 Å². The van der Waals surface area contributed by atoms with Gasteiger partial charge in [-0.05, 0) is 25.5 Å². The third kappa shape index (κ3) is 3.56. The van der Waals surface area contributed by atoms with E-state index in [2.05, 4.69) is 54.4 Å². The van der Waals surface area contributed by atoms with E-state index in [0.29, 0.717) is 12.1 Å². The van der Waals surface area contributed by atoms with Gasteiger partial charge >= 0.3 is 0 Å². The van der Waals surface area contributed by atoms with Crippen molar-refractivity contribution in [2.45, 2.75) is 45.2 Å². The third-order valence-corrected chi connectivity index (χ3v) is 3.84. The van der Waals surface area contributed by atoms with Gasteiger partial charge in [0.15, 0.2) is 0 Å². The molecule has 0 radical (unpaired) electrons. The number of unbranched alkanes of at least 4 members (excludes halogenated alkanes) is 2. The minimum Gasteiger partial charge on any atom is -0.311 e. The van der Waals surface area contributed by atoms with Gasteiger partial charge in [0, 0.05) is 25.2 Å². The molecule has 1 saturated heterocycles. The number of hydrogen-bond acceptors (Lipinski definition) is 2. The number of rotatable bonds is 5. The minimum absolute atomic E-state index is 0.555. The van der Waals surface area contributed by atoms with Crippen LogP contribution in [0, 0.1) is 0 Å². The van der Waals surface area contributed by atoms with Crippen LogP contribution in [0.1, 0.15) is 44.7 Å². The fourth-order valence-corrected chi connectivity index (χ4v) is 2.80. The first-order chi connectivity index (χ1) is 8.81. The van der Waals surface area contributed by atoms with Gasteiger partial charge in [-0.1, -0.05) is 50.1 Å². The SMILES string of the molecule is CCCCCN1CC(C)NCC1c1ccccc1. The molecule has 1 N–H and O–H groups in total. The van der Waals surface area contributed by atoms with Crippen LogP contribution in [0.2, 0.25) is 0 Å². The molecule has 2 heteroatoms. The van der Waals surface area contributed by atoms with E-state index in [1.54, 1.807) is 0 Å². The highest BCUT2D eigenvalue weighted by molar-refractivity contribution is 5.20. The van der Waals surface area contributed by atoms with Gasteiger partial charge < -0.3 is 5.32 Å². The molecule has 1 aromatic rings. The normalized spacial score (nSPS) is 25.2. The molecule has 1 heterocycles. The molecule has 1 aliphatic rings. The molecule has 100 valence electrons. The summed E-state index contributed by atoms with van der Waals surface area (Å²) in [5.74, 6) is 0. The Morgan fingerprint density at radius 1 is 1.22 bits per heavy atom. The number of nitrogens with zero attached hydrogens (tertiary/aromatic N) is 1. The van der Waals surface area contributed by atoms with E-state index in [0.717, 1.165) is 6.54 Å². The Hall–Kier alpha value is -0.860. The predicted octanol–water partition coefficient (Wildman–Crippen LogP) is 3.21. The summed E-state index contributed by atoms with van der Waals surface area (Å²) in [4.78, 5) is 2.66. The molecule has 2 atom stereocenters. The number of piperazine rings is 1. The molecular formula is C16H26N2. The first kappa shape index (κ1) is 13.6. The van der Waals surface area contributed by atoms with Gasteiger partial charge in [0.05, 0.1) is 0 Å². The molecule has 1 fully saturated rings. The van der Waals surface area contributed by atoms with Crippen LogP contribution >= 0.6 is 0 Å². The van der Waals surface area contributed by atoms with E-state index in [1.807, 2.05) is 0 Å². The second-order valence-corrected chi connectivity index (χ2v) is 5.44. The molecule has 1 aromatic carbocycles. The van der Waals surface area contributed by atoms with Crippen molar-refractivity contribution in [2.75, 3.05) is 19.6 Å². The van der Waals surface area contributed by atoms with Crippen LogP contribution < -0.4 is 5.32 Å². The van der Waals surface area contributed by atoms with Crippen molar-refractivity contribution in [3.8, 4) is 0 Å². The maximum absolute atomic E-state index is 3.61. The first-order valence-corrected chi connectivity index (χ1v) is 7.33. The van der Waals surface area contributed by atoms with Gasteiger partial charge in [-0.15, -0.1) is 0 Å². The maximum atomic E-state index is 3.61. The minimum atomic E-state index is 0.555. The van der Waals surface area contributed by atoms with Crippen LogP contribution in [0.3, 0.4) is 0 Å².